The third kappa shape index (κ3) is 2.02. The van der Waals surface area contributed by atoms with Crippen molar-refractivity contribution in [1.29, 1.82) is 0 Å². The summed E-state index contributed by atoms with van der Waals surface area (Å²) in [6.07, 6.45) is 3.35. The molecular weight excluding hydrogens is 148 g/mol. The van der Waals surface area contributed by atoms with E-state index in [0.717, 1.165) is 5.69 Å². The number of nitrogens with two attached hydrogens (primary N) is 1. The molecule has 0 radical (unpaired) electrons. The summed E-state index contributed by atoms with van der Waals surface area (Å²) >= 11 is 0. The van der Waals surface area contributed by atoms with Gasteiger partial charge in [0.15, 0.2) is 0 Å². The predicted octanol–water partition coefficient (Wildman–Crippen LogP) is 1.86. The van der Waals surface area contributed by atoms with Crippen molar-refractivity contribution in [3.63, 3.8) is 0 Å². The zero-order chi connectivity index (χ0) is 8.97. The molecule has 2 N–H and O–H groups in total. The first-order valence-electron chi connectivity index (χ1n) is 3.92. The molecule has 1 aromatic carbocycles. The fourth-order valence-corrected chi connectivity index (χ4v) is 0.995. The molecule has 0 amide bonds. The maximum atomic E-state index is 5.27. The molecule has 0 fully saturated rings. The summed E-state index contributed by atoms with van der Waals surface area (Å²) in [5.41, 5.74) is 7.68. The highest BCUT2D eigenvalue weighted by Crippen LogP contribution is 2.12. The number of anilines is 1. The molecule has 1 aromatic rings. The predicted molar refractivity (Wildman–Crippen MR) is 52.9 cm³/mol. The van der Waals surface area contributed by atoms with Crippen molar-refractivity contribution in [2.45, 2.75) is 6.92 Å². The van der Waals surface area contributed by atoms with Crippen molar-refractivity contribution in [2.75, 3.05) is 11.9 Å². The minimum atomic E-state index is 1.14. The Morgan fingerprint density at radius 2 is 1.83 bits per heavy atom. The Hall–Kier alpha value is -1.44. The van der Waals surface area contributed by atoms with Crippen LogP contribution in [0.1, 0.15) is 5.56 Å². The average Bonchev–Trinajstić information content (AvgIpc) is 2.06. The molecule has 0 saturated heterocycles. The Labute approximate surface area is 73.3 Å². The van der Waals surface area contributed by atoms with Gasteiger partial charge in [-0.05, 0) is 19.1 Å². The van der Waals surface area contributed by atoms with Gasteiger partial charge in [-0.2, -0.15) is 0 Å². The Balaban J connectivity index is 2.82. The van der Waals surface area contributed by atoms with Crippen molar-refractivity contribution in [3.8, 4) is 0 Å². The molecule has 0 aliphatic carbocycles. The van der Waals surface area contributed by atoms with E-state index in [9.17, 15) is 0 Å². The Kier molecular flexibility index (Phi) is 2.75. The van der Waals surface area contributed by atoms with Gasteiger partial charge < -0.3 is 10.6 Å². The van der Waals surface area contributed by atoms with E-state index >= 15 is 0 Å². The van der Waals surface area contributed by atoms with Crippen LogP contribution >= 0.6 is 0 Å². The van der Waals surface area contributed by atoms with Gasteiger partial charge in [0.25, 0.3) is 0 Å². The molecule has 0 spiro atoms. The van der Waals surface area contributed by atoms with Crippen LogP contribution in [-0.2, 0) is 0 Å². The monoisotopic (exact) mass is 162 g/mol. The summed E-state index contributed by atoms with van der Waals surface area (Å²) in [5, 5.41) is 0. The third-order valence-corrected chi connectivity index (χ3v) is 1.75. The van der Waals surface area contributed by atoms with Crippen molar-refractivity contribution in [2.24, 2.45) is 5.73 Å². The van der Waals surface area contributed by atoms with E-state index in [2.05, 4.69) is 31.2 Å². The van der Waals surface area contributed by atoms with Gasteiger partial charge in [0, 0.05) is 25.1 Å². The summed E-state index contributed by atoms with van der Waals surface area (Å²) in [7, 11) is 1.97. The number of hydrogen-bond donors (Lipinski definition) is 1. The van der Waals surface area contributed by atoms with Gasteiger partial charge in [0.2, 0.25) is 0 Å². The Morgan fingerprint density at radius 3 is 2.33 bits per heavy atom. The summed E-state index contributed by atoms with van der Waals surface area (Å²) in [6, 6.07) is 8.29. The van der Waals surface area contributed by atoms with Gasteiger partial charge in [0.1, 0.15) is 0 Å². The molecule has 2 nitrogen and oxygen atoms in total. The first kappa shape index (κ1) is 8.65. The van der Waals surface area contributed by atoms with Gasteiger partial charge in [-0.3, -0.25) is 0 Å². The first-order chi connectivity index (χ1) is 5.74. The van der Waals surface area contributed by atoms with Crippen LogP contribution in [0.5, 0.6) is 0 Å². The minimum Gasteiger partial charge on any atom is -0.403 e. The zero-order valence-electron chi connectivity index (χ0n) is 7.49. The van der Waals surface area contributed by atoms with E-state index < -0.39 is 0 Å². The average molecular weight is 162 g/mol. The third-order valence-electron chi connectivity index (χ3n) is 1.75. The fraction of sp³-hybridized carbons (Fsp3) is 0.200. The molecule has 0 aromatic heterocycles. The molecule has 0 unspecified atom stereocenters. The molecule has 12 heavy (non-hydrogen) atoms. The highest BCUT2D eigenvalue weighted by Gasteiger charge is 1.93. The number of nitrogens with zero attached hydrogens (tertiary/aromatic N) is 1. The molecule has 1 rings (SSSR count). The highest BCUT2D eigenvalue weighted by atomic mass is 15.1. The van der Waals surface area contributed by atoms with Gasteiger partial charge in [-0.25, -0.2) is 0 Å². The molecule has 0 atom stereocenters. The van der Waals surface area contributed by atoms with E-state index in [4.69, 9.17) is 5.73 Å². The van der Waals surface area contributed by atoms with Gasteiger partial charge in [-0.1, -0.05) is 17.7 Å². The maximum Gasteiger partial charge on any atom is 0.0404 e. The van der Waals surface area contributed by atoms with Crippen LogP contribution in [0.2, 0.25) is 0 Å². The molecule has 0 aliphatic rings. The number of rotatable bonds is 2. The smallest absolute Gasteiger partial charge is 0.0404 e. The summed E-state index contributed by atoms with van der Waals surface area (Å²) < 4.78 is 0. The van der Waals surface area contributed by atoms with Gasteiger partial charge >= 0.3 is 0 Å². The molecule has 0 aliphatic heterocycles. The van der Waals surface area contributed by atoms with Crippen molar-refractivity contribution in [3.05, 3.63) is 42.2 Å². The second kappa shape index (κ2) is 3.81. The fourth-order valence-electron chi connectivity index (χ4n) is 0.995. The number of benzene rings is 1. The van der Waals surface area contributed by atoms with Crippen LogP contribution in [0.15, 0.2) is 36.7 Å². The lowest BCUT2D eigenvalue weighted by Gasteiger charge is -2.13. The standard InChI is InChI=1S/C10H14N2/c1-9-3-5-10(6-4-9)12(2)8-7-11/h3-8H,11H2,1-2H3/b8-7-. The Morgan fingerprint density at radius 1 is 1.25 bits per heavy atom. The van der Waals surface area contributed by atoms with Crippen molar-refractivity contribution in [1.82, 2.24) is 0 Å². The minimum absolute atomic E-state index is 1.14. The van der Waals surface area contributed by atoms with E-state index in [-0.39, 0.29) is 0 Å². The highest BCUT2D eigenvalue weighted by molar-refractivity contribution is 5.48. The lowest BCUT2D eigenvalue weighted by atomic mass is 10.2. The molecule has 0 bridgehead atoms. The molecule has 0 saturated carbocycles. The second-order valence-electron chi connectivity index (χ2n) is 2.79. The number of aryl methyl sites for hydroxylation is 1. The van der Waals surface area contributed by atoms with E-state index in [1.165, 1.54) is 11.8 Å². The maximum absolute atomic E-state index is 5.27. The largest absolute Gasteiger partial charge is 0.403 e. The summed E-state index contributed by atoms with van der Waals surface area (Å²) in [5.74, 6) is 0. The molecule has 2 heteroatoms. The van der Waals surface area contributed by atoms with Gasteiger partial charge in [-0.15, -0.1) is 0 Å². The van der Waals surface area contributed by atoms with Crippen LogP contribution in [0, 0.1) is 6.92 Å². The lowest BCUT2D eigenvalue weighted by molar-refractivity contribution is 1.19. The SMILES string of the molecule is Cc1ccc(N(C)/C=C\N)cc1. The van der Waals surface area contributed by atoms with Crippen LogP contribution in [-0.4, -0.2) is 7.05 Å². The first-order valence-corrected chi connectivity index (χ1v) is 3.92. The number of hydrogen-bond acceptors (Lipinski definition) is 2. The second-order valence-corrected chi connectivity index (χ2v) is 2.79. The van der Waals surface area contributed by atoms with Crippen molar-refractivity contribution >= 4 is 5.69 Å². The van der Waals surface area contributed by atoms with Crippen LogP contribution in [0.3, 0.4) is 0 Å². The van der Waals surface area contributed by atoms with E-state index in [1.54, 1.807) is 0 Å². The van der Waals surface area contributed by atoms with Crippen LogP contribution < -0.4 is 10.6 Å². The van der Waals surface area contributed by atoms with Crippen molar-refractivity contribution < 1.29 is 0 Å². The van der Waals surface area contributed by atoms with E-state index in [1.807, 2.05) is 18.1 Å². The molecular formula is C10H14N2. The zero-order valence-corrected chi connectivity index (χ0v) is 7.49. The van der Waals surface area contributed by atoms with Crippen LogP contribution in [0.25, 0.3) is 0 Å². The van der Waals surface area contributed by atoms with Crippen LogP contribution in [0.4, 0.5) is 5.69 Å². The van der Waals surface area contributed by atoms with Gasteiger partial charge in [0.05, 0.1) is 0 Å². The molecule has 64 valence electrons. The summed E-state index contributed by atoms with van der Waals surface area (Å²) in [6.45, 7) is 2.07. The topological polar surface area (TPSA) is 29.3 Å². The quantitative estimate of drug-likeness (QED) is 0.719. The normalized spacial score (nSPS) is 10.5. The van der Waals surface area contributed by atoms with E-state index in [0.29, 0.717) is 0 Å². The summed E-state index contributed by atoms with van der Waals surface area (Å²) in [4.78, 5) is 1.97. The Bertz CT molecular complexity index is 262. The lowest BCUT2D eigenvalue weighted by Crippen LogP contribution is -2.08. The molecule has 0 heterocycles.